The average molecular weight is 499 g/mol. The first kappa shape index (κ1) is 23.7. The number of nitrogens with one attached hydrogen (secondary N) is 2. The Morgan fingerprint density at radius 2 is 1.92 bits per heavy atom. The fourth-order valence-electron chi connectivity index (χ4n) is 4.56. The second-order valence-corrected chi connectivity index (χ2v) is 8.87. The van der Waals surface area contributed by atoms with Gasteiger partial charge in [0.25, 0.3) is 0 Å². The second-order valence-electron chi connectivity index (χ2n) is 8.49. The maximum atomic E-state index is 12.0. The van der Waals surface area contributed by atoms with Gasteiger partial charge in [0, 0.05) is 54.7 Å². The maximum absolute atomic E-state index is 12.0. The molecule has 2 atom stereocenters. The first-order valence-electron chi connectivity index (χ1n) is 11.5. The molecular weight excluding hydrogens is 472 g/mol. The SMILES string of the molecule is COCC(=O)Nc1ccc(N2C(=S)N[C@@H](c3ccccn3)[C@H]2c2cccn2-c2ccncc2)cc1C. The Morgan fingerprint density at radius 3 is 2.64 bits per heavy atom. The number of rotatable bonds is 7. The third-order valence-corrected chi connectivity index (χ3v) is 6.47. The number of methoxy groups -OCH3 is 1. The Labute approximate surface area is 215 Å². The van der Waals surface area contributed by atoms with Gasteiger partial charge in [-0.2, -0.15) is 0 Å². The van der Waals surface area contributed by atoms with Crippen LogP contribution in [0.25, 0.3) is 5.69 Å². The molecule has 1 aliphatic rings. The van der Waals surface area contributed by atoms with Crippen LogP contribution < -0.4 is 15.5 Å². The van der Waals surface area contributed by atoms with Crippen LogP contribution in [0.2, 0.25) is 0 Å². The predicted octanol–water partition coefficient (Wildman–Crippen LogP) is 4.34. The van der Waals surface area contributed by atoms with E-state index in [4.69, 9.17) is 17.0 Å². The molecule has 8 nitrogen and oxygen atoms in total. The predicted molar refractivity (Wildman–Crippen MR) is 143 cm³/mol. The van der Waals surface area contributed by atoms with E-state index in [1.807, 2.05) is 67.7 Å². The van der Waals surface area contributed by atoms with Gasteiger partial charge in [-0.3, -0.25) is 14.8 Å². The Bertz CT molecular complexity index is 1380. The molecule has 1 aromatic carbocycles. The number of carbonyl (C=O) groups is 1. The summed E-state index contributed by atoms with van der Waals surface area (Å²) >= 11 is 5.87. The number of hydrogen-bond donors (Lipinski definition) is 2. The lowest BCUT2D eigenvalue weighted by Crippen LogP contribution is -2.30. The Morgan fingerprint density at radius 1 is 1.08 bits per heavy atom. The van der Waals surface area contributed by atoms with Crippen LogP contribution in [0.5, 0.6) is 0 Å². The number of thiocarbonyl (C=S) groups is 1. The van der Waals surface area contributed by atoms with E-state index in [9.17, 15) is 4.79 Å². The molecule has 0 unspecified atom stereocenters. The quantitative estimate of drug-likeness (QED) is 0.367. The van der Waals surface area contributed by atoms with E-state index in [0.29, 0.717) is 5.11 Å². The van der Waals surface area contributed by atoms with Crippen molar-refractivity contribution in [2.75, 3.05) is 23.9 Å². The van der Waals surface area contributed by atoms with Crippen molar-refractivity contribution >= 4 is 34.6 Å². The monoisotopic (exact) mass is 498 g/mol. The summed E-state index contributed by atoms with van der Waals surface area (Å²) in [5.41, 5.74) is 5.53. The van der Waals surface area contributed by atoms with Crippen molar-refractivity contribution in [3.05, 3.63) is 102 Å². The lowest BCUT2D eigenvalue weighted by atomic mass is 10.0. The minimum atomic E-state index is -0.199. The van der Waals surface area contributed by atoms with E-state index in [-0.39, 0.29) is 24.6 Å². The smallest absolute Gasteiger partial charge is 0.250 e. The molecular formula is C27H26N6O2S. The standard InChI is InChI=1S/C27H26N6O2S/c1-18-16-20(8-9-21(18)30-24(34)17-35-2)33-26(25(31-27(33)36)22-6-3-4-12-29-22)23-7-5-15-32(23)19-10-13-28-14-11-19/h3-16,25-26H,17H2,1-2H3,(H,30,34)(H,31,36)/t25-,26+/m0/s1. The fourth-order valence-corrected chi connectivity index (χ4v) is 4.91. The van der Waals surface area contributed by atoms with Gasteiger partial charge in [-0.15, -0.1) is 0 Å². The van der Waals surface area contributed by atoms with Crippen LogP contribution in [0, 0.1) is 6.92 Å². The Hall–Kier alpha value is -4.08. The van der Waals surface area contributed by atoms with Gasteiger partial charge in [0.2, 0.25) is 5.91 Å². The van der Waals surface area contributed by atoms with Crippen molar-refractivity contribution in [2.45, 2.75) is 19.0 Å². The molecule has 9 heteroatoms. The molecule has 2 N–H and O–H groups in total. The highest BCUT2D eigenvalue weighted by molar-refractivity contribution is 7.80. The summed E-state index contributed by atoms with van der Waals surface area (Å²) < 4.78 is 7.08. The van der Waals surface area contributed by atoms with Crippen LogP contribution in [-0.2, 0) is 9.53 Å². The van der Waals surface area contributed by atoms with E-state index in [0.717, 1.165) is 34.0 Å². The van der Waals surface area contributed by atoms with Crippen LogP contribution in [0.4, 0.5) is 11.4 Å². The Kier molecular flexibility index (Phi) is 6.75. The highest BCUT2D eigenvalue weighted by Crippen LogP contribution is 2.42. The summed E-state index contributed by atoms with van der Waals surface area (Å²) in [5, 5.41) is 7.00. The molecule has 0 saturated carbocycles. The molecule has 4 aromatic rings. The van der Waals surface area contributed by atoms with Crippen molar-refractivity contribution in [2.24, 2.45) is 0 Å². The summed E-state index contributed by atoms with van der Waals surface area (Å²) in [4.78, 5) is 23.0. The third kappa shape index (κ3) is 4.58. The summed E-state index contributed by atoms with van der Waals surface area (Å²) in [6, 6.07) is 19.5. The van der Waals surface area contributed by atoms with Crippen LogP contribution in [0.3, 0.4) is 0 Å². The van der Waals surface area contributed by atoms with E-state index < -0.39 is 0 Å². The number of ether oxygens (including phenoxy) is 1. The number of anilines is 2. The number of nitrogens with zero attached hydrogens (tertiary/aromatic N) is 4. The minimum Gasteiger partial charge on any atom is -0.375 e. The normalized spacial score (nSPS) is 17.2. The molecule has 1 saturated heterocycles. The zero-order valence-corrected chi connectivity index (χ0v) is 20.8. The van der Waals surface area contributed by atoms with Gasteiger partial charge in [0.15, 0.2) is 5.11 Å². The molecule has 182 valence electrons. The molecule has 1 fully saturated rings. The largest absolute Gasteiger partial charge is 0.375 e. The minimum absolute atomic E-state index is 0.00114. The summed E-state index contributed by atoms with van der Waals surface area (Å²) in [6.45, 7) is 1.96. The topological polar surface area (TPSA) is 84.3 Å². The molecule has 4 heterocycles. The molecule has 1 aliphatic heterocycles. The number of aryl methyl sites for hydroxylation is 1. The molecule has 3 aromatic heterocycles. The molecule has 5 rings (SSSR count). The molecule has 36 heavy (non-hydrogen) atoms. The van der Waals surface area contributed by atoms with Gasteiger partial charge < -0.3 is 24.8 Å². The van der Waals surface area contributed by atoms with Gasteiger partial charge >= 0.3 is 0 Å². The Balaban J connectivity index is 1.58. The number of aromatic nitrogens is 3. The van der Waals surface area contributed by atoms with Crippen LogP contribution in [0.15, 0.2) is 85.5 Å². The molecule has 1 amide bonds. The van der Waals surface area contributed by atoms with Crippen molar-refractivity contribution in [3.63, 3.8) is 0 Å². The number of amides is 1. The number of hydrogen-bond acceptors (Lipinski definition) is 5. The number of carbonyl (C=O) groups excluding carboxylic acids is 1. The molecule has 0 bridgehead atoms. The van der Waals surface area contributed by atoms with E-state index >= 15 is 0 Å². The van der Waals surface area contributed by atoms with Crippen molar-refractivity contribution in [1.29, 1.82) is 0 Å². The van der Waals surface area contributed by atoms with Gasteiger partial charge in [0.1, 0.15) is 12.6 Å². The van der Waals surface area contributed by atoms with Crippen molar-refractivity contribution < 1.29 is 9.53 Å². The zero-order valence-electron chi connectivity index (χ0n) is 20.0. The number of benzene rings is 1. The average Bonchev–Trinajstić information content (AvgIpc) is 3.51. The maximum Gasteiger partial charge on any atom is 0.250 e. The highest BCUT2D eigenvalue weighted by atomic mass is 32.1. The zero-order chi connectivity index (χ0) is 25.1. The molecule has 0 spiro atoms. The first-order chi connectivity index (χ1) is 17.6. The van der Waals surface area contributed by atoms with Crippen LogP contribution in [-0.4, -0.2) is 39.3 Å². The van der Waals surface area contributed by atoms with Crippen LogP contribution in [0.1, 0.15) is 29.0 Å². The number of pyridine rings is 2. The van der Waals surface area contributed by atoms with E-state index in [2.05, 4.69) is 36.1 Å². The van der Waals surface area contributed by atoms with Crippen molar-refractivity contribution in [1.82, 2.24) is 19.9 Å². The van der Waals surface area contributed by atoms with Gasteiger partial charge in [-0.05, 0) is 79.3 Å². The van der Waals surface area contributed by atoms with E-state index in [1.165, 1.54) is 7.11 Å². The second kappa shape index (κ2) is 10.3. The lowest BCUT2D eigenvalue weighted by molar-refractivity contribution is -0.119. The lowest BCUT2D eigenvalue weighted by Gasteiger charge is -2.29. The van der Waals surface area contributed by atoms with E-state index in [1.54, 1.807) is 18.6 Å². The van der Waals surface area contributed by atoms with Crippen LogP contribution >= 0.6 is 12.2 Å². The third-order valence-electron chi connectivity index (χ3n) is 6.16. The summed E-state index contributed by atoms with van der Waals surface area (Å²) in [6.07, 6.45) is 7.40. The summed E-state index contributed by atoms with van der Waals surface area (Å²) in [5.74, 6) is -0.199. The van der Waals surface area contributed by atoms with Gasteiger partial charge in [-0.1, -0.05) is 6.07 Å². The van der Waals surface area contributed by atoms with Gasteiger partial charge in [-0.25, -0.2) is 0 Å². The molecule has 0 radical (unpaired) electrons. The van der Waals surface area contributed by atoms with Crippen molar-refractivity contribution in [3.8, 4) is 5.69 Å². The fraction of sp³-hybridized carbons (Fsp3) is 0.185. The summed E-state index contributed by atoms with van der Waals surface area (Å²) in [7, 11) is 1.50. The molecule has 0 aliphatic carbocycles. The van der Waals surface area contributed by atoms with Gasteiger partial charge in [0.05, 0.1) is 11.7 Å². The highest BCUT2D eigenvalue weighted by Gasteiger charge is 2.42. The first-order valence-corrected chi connectivity index (χ1v) is 12.0.